The van der Waals surface area contributed by atoms with Crippen molar-refractivity contribution in [3.05, 3.63) is 0 Å². The normalized spacial score (nSPS) is 14.2. The summed E-state index contributed by atoms with van der Waals surface area (Å²) in [6, 6.07) is 0. The molecule has 134 valence electrons. The van der Waals surface area contributed by atoms with Gasteiger partial charge in [-0.2, -0.15) is 13.2 Å². The number of rotatable bonds is 8. The standard InChI is InChI=1S/C10H17NO3S2.C2HF3O2/c12-9(13)4-6-15-16-7-5-11-10(14)8-2-1-3-8;3-2(4,5)1(6)7/h8H,1-7H2,(H,11,14)(H,12,13);(H,6,7). The molecule has 11 heteroatoms. The van der Waals surface area contributed by atoms with E-state index in [1.807, 2.05) is 0 Å². The first-order chi connectivity index (χ1) is 10.6. The Balaban J connectivity index is 0.000000585. The van der Waals surface area contributed by atoms with Gasteiger partial charge in [-0.05, 0) is 12.8 Å². The van der Waals surface area contributed by atoms with Crippen molar-refractivity contribution in [1.29, 1.82) is 0 Å². The van der Waals surface area contributed by atoms with E-state index < -0.39 is 18.1 Å². The monoisotopic (exact) mass is 377 g/mol. The fourth-order valence-electron chi connectivity index (χ4n) is 1.28. The van der Waals surface area contributed by atoms with E-state index in [4.69, 9.17) is 15.0 Å². The van der Waals surface area contributed by atoms with E-state index in [0.29, 0.717) is 12.3 Å². The number of carbonyl (C=O) groups is 3. The van der Waals surface area contributed by atoms with E-state index in [1.54, 1.807) is 21.6 Å². The molecule has 3 N–H and O–H groups in total. The Morgan fingerprint density at radius 1 is 1.09 bits per heavy atom. The van der Waals surface area contributed by atoms with Gasteiger partial charge in [0.25, 0.3) is 0 Å². The molecular formula is C12H18F3NO5S2. The number of aliphatic carboxylic acids is 2. The first kappa shape index (κ1) is 21.9. The molecule has 0 spiro atoms. The quantitative estimate of drug-likeness (QED) is 0.441. The Labute approximate surface area is 139 Å². The van der Waals surface area contributed by atoms with Crippen LogP contribution in [0, 0.1) is 5.92 Å². The van der Waals surface area contributed by atoms with Crippen molar-refractivity contribution in [1.82, 2.24) is 5.32 Å². The number of carboxylic acid groups (broad SMARTS) is 2. The van der Waals surface area contributed by atoms with Crippen LogP contribution in [0.5, 0.6) is 0 Å². The summed E-state index contributed by atoms with van der Waals surface area (Å²) in [6.45, 7) is 0.681. The second-order valence-corrected chi connectivity index (χ2v) is 7.21. The molecule has 0 unspecified atom stereocenters. The van der Waals surface area contributed by atoms with Crippen LogP contribution in [0.3, 0.4) is 0 Å². The molecule has 0 bridgehead atoms. The second kappa shape index (κ2) is 11.4. The largest absolute Gasteiger partial charge is 0.490 e. The highest BCUT2D eigenvalue weighted by molar-refractivity contribution is 8.76. The Bertz CT molecular complexity index is 403. The van der Waals surface area contributed by atoms with Gasteiger partial charge in [0.05, 0.1) is 6.42 Å². The number of halogens is 3. The van der Waals surface area contributed by atoms with Crippen molar-refractivity contribution < 1.29 is 37.8 Å². The van der Waals surface area contributed by atoms with E-state index >= 15 is 0 Å². The number of carbonyl (C=O) groups excluding carboxylic acids is 1. The lowest BCUT2D eigenvalue weighted by atomic mass is 9.85. The minimum atomic E-state index is -5.08. The van der Waals surface area contributed by atoms with E-state index in [0.717, 1.165) is 18.6 Å². The van der Waals surface area contributed by atoms with Crippen molar-refractivity contribution in [2.75, 3.05) is 18.1 Å². The molecule has 23 heavy (non-hydrogen) atoms. The van der Waals surface area contributed by atoms with Gasteiger partial charge in [-0.15, -0.1) is 0 Å². The summed E-state index contributed by atoms with van der Waals surface area (Å²) < 4.78 is 31.7. The van der Waals surface area contributed by atoms with Gasteiger partial charge in [-0.3, -0.25) is 9.59 Å². The van der Waals surface area contributed by atoms with Crippen LogP contribution < -0.4 is 5.32 Å². The third-order valence-corrected chi connectivity index (χ3v) is 5.09. The van der Waals surface area contributed by atoms with Crippen molar-refractivity contribution >= 4 is 39.4 Å². The van der Waals surface area contributed by atoms with Crippen molar-refractivity contribution in [3.63, 3.8) is 0 Å². The zero-order valence-electron chi connectivity index (χ0n) is 12.1. The van der Waals surface area contributed by atoms with E-state index in [-0.39, 0.29) is 18.2 Å². The first-order valence-electron chi connectivity index (χ1n) is 6.68. The number of hydrogen-bond donors (Lipinski definition) is 3. The fourth-order valence-corrected chi connectivity index (χ4v) is 3.16. The van der Waals surface area contributed by atoms with Gasteiger partial charge in [0.15, 0.2) is 0 Å². The van der Waals surface area contributed by atoms with Gasteiger partial charge in [0, 0.05) is 24.0 Å². The van der Waals surface area contributed by atoms with E-state index in [9.17, 15) is 22.8 Å². The smallest absolute Gasteiger partial charge is 0.481 e. The van der Waals surface area contributed by atoms with Gasteiger partial charge in [0.2, 0.25) is 5.91 Å². The molecule has 0 aromatic heterocycles. The van der Waals surface area contributed by atoms with Crippen LogP contribution in [-0.4, -0.2) is 52.3 Å². The molecule has 0 saturated heterocycles. The summed E-state index contributed by atoms with van der Waals surface area (Å²) in [6.07, 6.45) is -1.64. The molecule has 1 aliphatic rings. The number of carboxylic acids is 2. The van der Waals surface area contributed by atoms with Crippen molar-refractivity contribution in [2.45, 2.75) is 31.9 Å². The molecule has 1 rings (SSSR count). The SMILES string of the molecule is O=C(O)C(F)(F)F.O=C(O)CCSSCCNC(=O)C1CCC1. The molecule has 1 fully saturated rings. The summed E-state index contributed by atoms with van der Waals surface area (Å²) >= 11 is 0. The Morgan fingerprint density at radius 3 is 2.00 bits per heavy atom. The van der Waals surface area contributed by atoms with Gasteiger partial charge in [0.1, 0.15) is 0 Å². The highest BCUT2D eigenvalue weighted by Crippen LogP contribution is 2.26. The molecule has 0 atom stereocenters. The lowest BCUT2D eigenvalue weighted by Gasteiger charge is -2.23. The fraction of sp³-hybridized carbons (Fsp3) is 0.750. The Morgan fingerprint density at radius 2 is 1.61 bits per heavy atom. The highest BCUT2D eigenvalue weighted by Gasteiger charge is 2.38. The van der Waals surface area contributed by atoms with Crippen LogP contribution in [0.1, 0.15) is 25.7 Å². The third kappa shape index (κ3) is 12.0. The Hall–Kier alpha value is -1.10. The van der Waals surface area contributed by atoms with Crippen LogP contribution in [0.25, 0.3) is 0 Å². The molecule has 0 aromatic carbocycles. The third-order valence-electron chi connectivity index (χ3n) is 2.69. The summed E-state index contributed by atoms with van der Waals surface area (Å²) in [5.74, 6) is -1.62. The van der Waals surface area contributed by atoms with Gasteiger partial charge in [-0.1, -0.05) is 28.0 Å². The molecule has 6 nitrogen and oxygen atoms in total. The van der Waals surface area contributed by atoms with Crippen LogP contribution in [0.15, 0.2) is 0 Å². The zero-order chi connectivity index (χ0) is 17.9. The summed E-state index contributed by atoms with van der Waals surface area (Å²) in [4.78, 5) is 30.5. The van der Waals surface area contributed by atoms with Gasteiger partial charge in [-0.25, -0.2) is 4.79 Å². The van der Waals surface area contributed by atoms with Gasteiger partial charge < -0.3 is 15.5 Å². The highest BCUT2D eigenvalue weighted by atomic mass is 33.1. The zero-order valence-corrected chi connectivity index (χ0v) is 13.7. The van der Waals surface area contributed by atoms with E-state index in [1.165, 1.54) is 6.42 Å². The number of nitrogens with one attached hydrogen (secondary N) is 1. The number of amides is 1. The van der Waals surface area contributed by atoms with Crippen LogP contribution >= 0.6 is 21.6 Å². The van der Waals surface area contributed by atoms with Crippen molar-refractivity contribution in [2.24, 2.45) is 5.92 Å². The second-order valence-electron chi connectivity index (χ2n) is 4.51. The minimum Gasteiger partial charge on any atom is -0.481 e. The maximum absolute atomic E-state index is 11.4. The lowest BCUT2D eigenvalue weighted by molar-refractivity contribution is -0.192. The molecular weight excluding hydrogens is 359 g/mol. The van der Waals surface area contributed by atoms with Crippen LogP contribution in [0.2, 0.25) is 0 Å². The first-order valence-corrected chi connectivity index (χ1v) is 9.17. The molecule has 0 heterocycles. The van der Waals surface area contributed by atoms with E-state index in [2.05, 4.69) is 5.32 Å². The summed E-state index contributed by atoms with van der Waals surface area (Å²) in [5.41, 5.74) is 0. The average molecular weight is 377 g/mol. The predicted molar refractivity (Wildman–Crippen MR) is 81.2 cm³/mol. The average Bonchev–Trinajstić information content (AvgIpc) is 2.34. The number of hydrogen-bond acceptors (Lipinski definition) is 5. The topological polar surface area (TPSA) is 104 Å². The molecule has 0 radical (unpaired) electrons. The minimum absolute atomic E-state index is 0.183. The molecule has 1 aliphatic carbocycles. The molecule has 1 amide bonds. The molecule has 1 saturated carbocycles. The summed E-state index contributed by atoms with van der Waals surface area (Å²) in [7, 11) is 3.16. The molecule has 0 aliphatic heterocycles. The van der Waals surface area contributed by atoms with Crippen LogP contribution in [0.4, 0.5) is 13.2 Å². The Kier molecular flexibility index (Phi) is 10.9. The van der Waals surface area contributed by atoms with Crippen molar-refractivity contribution in [3.8, 4) is 0 Å². The maximum atomic E-state index is 11.4. The maximum Gasteiger partial charge on any atom is 0.490 e. The van der Waals surface area contributed by atoms with Gasteiger partial charge >= 0.3 is 18.1 Å². The predicted octanol–water partition coefficient (Wildman–Crippen LogP) is 2.39. The number of alkyl halides is 3. The molecule has 0 aromatic rings. The lowest BCUT2D eigenvalue weighted by Crippen LogP contribution is -2.35. The summed E-state index contributed by atoms with van der Waals surface area (Å²) in [5, 5.41) is 18.4. The van der Waals surface area contributed by atoms with Crippen LogP contribution in [-0.2, 0) is 14.4 Å².